The molecule has 2 bridgehead atoms. The van der Waals surface area contributed by atoms with E-state index >= 15 is 0 Å². The van der Waals surface area contributed by atoms with Crippen molar-refractivity contribution in [3.63, 3.8) is 0 Å². The van der Waals surface area contributed by atoms with Gasteiger partial charge in [0.15, 0.2) is 6.10 Å². The fourth-order valence-corrected chi connectivity index (χ4v) is 3.74. The number of rotatable bonds is 1. The SMILES string of the molecule is CC1(C2CC3CCC2CC3)OC1C#N. The van der Waals surface area contributed by atoms with Gasteiger partial charge >= 0.3 is 0 Å². The number of hydrogen-bond donors (Lipinski definition) is 0. The van der Waals surface area contributed by atoms with Crippen molar-refractivity contribution in [1.29, 1.82) is 5.26 Å². The Morgan fingerprint density at radius 3 is 2.43 bits per heavy atom. The third-order valence-electron chi connectivity index (χ3n) is 4.74. The van der Waals surface area contributed by atoms with Crippen molar-refractivity contribution in [2.24, 2.45) is 17.8 Å². The summed E-state index contributed by atoms with van der Waals surface area (Å²) in [7, 11) is 0. The maximum absolute atomic E-state index is 8.87. The van der Waals surface area contributed by atoms with Crippen LogP contribution in [-0.4, -0.2) is 11.7 Å². The van der Waals surface area contributed by atoms with Crippen molar-refractivity contribution >= 4 is 0 Å². The Kier molecular flexibility index (Phi) is 1.70. The summed E-state index contributed by atoms with van der Waals surface area (Å²) < 4.78 is 5.58. The highest BCUT2D eigenvalue weighted by Crippen LogP contribution is 2.56. The van der Waals surface area contributed by atoms with Gasteiger partial charge in [0.05, 0.1) is 6.07 Å². The average Bonchev–Trinajstić information content (AvgIpc) is 2.93. The van der Waals surface area contributed by atoms with Gasteiger partial charge < -0.3 is 4.74 Å². The molecule has 0 radical (unpaired) electrons. The quantitative estimate of drug-likeness (QED) is 0.597. The lowest BCUT2D eigenvalue weighted by molar-refractivity contribution is 0.0437. The molecule has 1 saturated heterocycles. The Balaban J connectivity index is 1.78. The Morgan fingerprint density at radius 2 is 2.00 bits per heavy atom. The Labute approximate surface area is 85.2 Å². The zero-order valence-electron chi connectivity index (χ0n) is 8.70. The van der Waals surface area contributed by atoms with E-state index in [1.54, 1.807) is 0 Å². The van der Waals surface area contributed by atoms with Gasteiger partial charge in [0.25, 0.3) is 0 Å². The lowest BCUT2D eigenvalue weighted by atomic mass is 9.60. The lowest BCUT2D eigenvalue weighted by Gasteiger charge is -2.44. The first-order valence-electron chi connectivity index (χ1n) is 5.81. The van der Waals surface area contributed by atoms with E-state index in [-0.39, 0.29) is 11.7 Å². The summed E-state index contributed by atoms with van der Waals surface area (Å²) in [5, 5.41) is 8.87. The van der Waals surface area contributed by atoms with Crippen LogP contribution in [0.4, 0.5) is 0 Å². The van der Waals surface area contributed by atoms with Crippen LogP contribution in [0.2, 0.25) is 0 Å². The second-order valence-electron chi connectivity index (χ2n) is 5.43. The second kappa shape index (κ2) is 2.73. The smallest absolute Gasteiger partial charge is 0.173 e. The Hall–Kier alpha value is -0.550. The molecule has 3 atom stereocenters. The third kappa shape index (κ3) is 1.05. The van der Waals surface area contributed by atoms with Crippen LogP contribution in [0.25, 0.3) is 0 Å². The van der Waals surface area contributed by atoms with Crippen molar-refractivity contribution < 1.29 is 4.74 Å². The molecule has 1 heterocycles. The van der Waals surface area contributed by atoms with Crippen LogP contribution < -0.4 is 0 Å². The summed E-state index contributed by atoms with van der Waals surface area (Å²) in [6.45, 7) is 2.15. The predicted octanol–water partition coefficient (Wildman–Crippen LogP) is 2.49. The molecule has 0 spiro atoms. The van der Waals surface area contributed by atoms with Gasteiger partial charge in [-0.3, -0.25) is 0 Å². The van der Waals surface area contributed by atoms with Crippen LogP contribution >= 0.6 is 0 Å². The number of nitrogens with zero attached hydrogens (tertiary/aromatic N) is 1. The zero-order chi connectivity index (χ0) is 9.76. The standard InChI is InChI=1S/C12H17NO/c1-12(11(7-13)14-12)10-6-8-2-4-9(10)5-3-8/h8-11H,2-6H2,1H3. The summed E-state index contributed by atoms with van der Waals surface area (Å²) >= 11 is 0. The van der Waals surface area contributed by atoms with E-state index in [0.717, 1.165) is 11.8 Å². The maximum atomic E-state index is 8.87. The molecule has 0 aromatic heterocycles. The monoisotopic (exact) mass is 191 g/mol. The molecular weight excluding hydrogens is 174 g/mol. The lowest BCUT2D eigenvalue weighted by Crippen LogP contribution is -2.39. The molecule has 0 amide bonds. The molecule has 1 aliphatic heterocycles. The van der Waals surface area contributed by atoms with Crippen LogP contribution in [0.1, 0.15) is 39.0 Å². The van der Waals surface area contributed by atoms with Crippen LogP contribution in [0.3, 0.4) is 0 Å². The van der Waals surface area contributed by atoms with Gasteiger partial charge in [-0.25, -0.2) is 0 Å². The molecule has 3 saturated carbocycles. The highest BCUT2D eigenvalue weighted by atomic mass is 16.6. The molecule has 0 N–H and O–H groups in total. The minimum atomic E-state index is -0.105. The van der Waals surface area contributed by atoms with Gasteiger partial charge in [-0.1, -0.05) is 12.8 Å². The molecule has 4 fully saturated rings. The Morgan fingerprint density at radius 1 is 1.29 bits per heavy atom. The van der Waals surface area contributed by atoms with Crippen LogP contribution in [-0.2, 0) is 4.74 Å². The molecule has 2 heteroatoms. The van der Waals surface area contributed by atoms with E-state index in [9.17, 15) is 0 Å². The molecule has 3 unspecified atom stereocenters. The van der Waals surface area contributed by atoms with Crippen molar-refractivity contribution in [3.05, 3.63) is 0 Å². The van der Waals surface area contributed by atoms with E-state index in [1.807, 2.05) is 0 Å². The van der Waals surface area contributed by atoms with Gasteiger partial charge in [-0.15, -0.1) is 0 Å². The molecule has 76 valence electrons. The minimum absolute atomic E-state index is 0.0709. The normalized spacial score (nSPS) is 55.4. The van der Waals surface area contributed by atoms with E-state index in [2.05, 4.69) is 13.0 Å². The van der Waals surface area contributed by atoms with Gasteiger partial charge in [0.2, 0.25) is 0 Å². The number of hydrogen-bond acceptors (Lipinski definition) is 2. The largest absolute Gasteiger partial charge is 0.350 e. The summed E-state index contributed by atoms with van der Waals surface area (Å²) in [6, 6.07) is 2.26. The van der Waals surface area contributed by atoms with Crippen LogP contribution in [0.5, 0.6) is 0 Å². The molecular formula is C12H17NO. The summed E-state index contributed by atoms with van der Waals surface area (Å²) in [5.41, 5.74) is -0.0709. The summed E-state index contributed by atoms with van der Waals surface area (Å²) in [5.74, 6) is 2.47. The van der Waals surface area contributed by atoms with E-state index in [0.29, 0.717) is 5.92 Å². The first kappa shape index (κ1) is 8.73. The first-order chi connectivity index (χ1) is 6.74. The van der Waals surface area contributed by atoms with Gasteiger partial charge in [0, 0.05) is 0 Å². The van der Waals surface area contributed by atoms with Gasteiger partial charge in [-0.2, -0.15) is 5.26 Å². The summed E-state index contributed by atoms with van der Waals surface area (Å²) in [6.07, 6.45) is 6.83. The molecule has 4 aliphatic rings. The third-order valence-corrected chi connectivity index (χ3v) is 4.74. The minimum Gasteiger partial charge on any atom is -0.350 e. The second-order valence-corrected chi connectivity index (χ2v) is 5.43. The number of fused-ring (bicyclic) bond motifs is 3. The van der Waals surface area contributed by atoms with Crippen LogP contribution in [0, 0.1) is 29.1 Å². The van der Waals surface area contributed by atoms with Gasteiger partial charge in [0.1, 0.15) is 5.60 Å². The van der Waals surface area contributed by atoms with E-state index in [1.165, 1.54) is 32.1 Å². The van der Waals surface area contributed by atoms with Crippen molar-refractivity contribution in [3.8, 4) is 6.07 Å². The van der Waals surface area contributed by atoms with Gasteiger partial charge in [-0.05, 0) is 43.9 Å². The fraction of sp³-hybridized carbons (Fsp3) is 0.917. The molecule has 14 heavy (non-hydrogen) atoms. The number of nitriles is 1. The highest BCUT2D eigenvalue weighted by Gasteiger charge is 2.61. The molecule has 4 rings (SSSR count). The van der Waals surface area contributed by atoms with Crippen molar-refractivity contribution in [2.45, 2.75) is 50.7 Å². The van der Waals surface area contributed by atoms with Crippen molar-refractivity contribution in [1.82, 2.24) is 0 Å². The van der Waals surface area contributed by atoms with E-state index in [4.69, 9.17) is 10.00 Å². The average molecular weight is 191 g/mol. The summed E-state index contributed by atoms with van der Waals surface area (Å²) in [4.78, 5) is 0. The molecule has 0 aromatic carbocycles. The Bertz CT molecular complexity index is 287. The van der Waals surface area contributed by atoms with Crippen LogP contribution in [0.15, 0.2) is 0 Å². The van der Waals surface area contributed by atoms with Crippen molar-refractivity contribution in [2.75, 3.05) is 0 Å². The maximum Gasteiger partial charge on any atom is 0.173 e. The number of ether oxygens (including phenoxy) is 1. The predicted molar refractivity (Wildman–Crippen MR) is 52.4 cm³/mol. The first-order valence-corrected chi connectivity index (χ1v) is 5.81. The molecule has 2 nitrogen and oxygen atoms in total. The number of epoxide rings is 1. The topological polar surface area (TPSA) is 36.3 Å². The zero-order valence-corrected chi connectivity index (χ0v) is 8.70. The fourth-order valence-electron chi connectivity index (χ4n) is 3.74. The molecule has 0 aromatic rings. The highest BCUT2D eigenvalue weighted by molar-refractivity contribution is 5.16. The molecule has 3 aliphatic carbocycles. The van der Waals surface area contributed by atoms with E-state index < -0.39 is 0 Å².